The topological polar surface area (TPSA) is 51.2 Å². The molecule has 0 saturated heterocycles. The first-order valence-electron chi connectivity index (χ1n) is 7.06. The lowest BCUT2D eigenvalue weighted by molar-refractivity contribution is 0.0861. The standard InChI is InChI=1S/C18H12Br2O3/c19-14(15(21)11-6-2-1-3-7-11)10-18(20)16(22)12-8-4-5-9-13(12)17(18)23/h1-9,14H,10H2. The van der Waals surface area contributed by atoms with Crippen molar-refractivity contribution in [2.75, 3.05) is 0 Å². The highest BCUT2D eigenvalue weighted by Gasteiger charge is 2.52. The van der Waals surface area contributed by atoms with Crippen LogP contribution in [0.4, 0.5) is 0 Å². The van der Waals surface area contributed by atoms with E-state index in [1.807, 2.05) is 6.07 Å². The Morgan fingerprint density at radius 1 is 0.913 bits per heavy atom. The fraction of sp³-hybridized carbons (Fsp3) is 0.167. The van der Waals surface area contributed by atoms with E-state index in [9.17, 15) is 14.4 Å². The lowest BCUT2D eigenvalue weighted by Crippen LogP contribution is -2.38. The number of carbonyl (C=O) groups excluding carboxylic acids is 3. The third kappa shape index (κ3) is 2.72. The number of ketones is 3. The minimum absolute atomic E-state index is 0.0626. The highest BCUT2D eigenvalue weighted by molar-refractivity contribution is 9.11. The smallest absolute Gasteiger partial charge is 0.188 e. The summed E-state index contributed by atoms with van der Waals surface area (Å²) in [5.74, 6) is -0.729. The fourth-order valence-electron chi connectivity index (χ4n) is 2.72. The number of hydrogen-bond donors (Lipinski definition) is 0. The molecule has 1 atom stereocenters. The number of Topliss-reactive ketones (excluding diaryl/α,β-unsaturated/α-hetero) is 3. The zero-order valence-electron chi connectivity index (χ0n) is 12.0. The average molecular weight is 436 g/mol. The summed E-state index contributed by atoms with van der Waals surface area (Å²) >= 11 is 6.66. The van der Waals surface area contributed by atoms with Gasteiger partial charge in [0.2, 0.25) is 0 Å². The molecule has 1 unspecified atom stereocenters. The van der Waals surface area contributed by atoms with Crippen LogP contribution in [0, 0.1) is 0 Å². The minimum atomic E-state index is -1.38. The van der Waals surface area contributed by atoms with Crippen molar-refractivity contribution >= 4 is 49.2 Å². The van der Waals surface area contributed by atoms with Crippen LogP contribution in [0.25, 0.3) is 0 Å². The van der Waals surface area contributed by atoms with Crippen molar-refractivity contribution in [2.24, 2.45) is 0 Å². The first kappa shape index (κ1) is 16.3. The summed E-state index contributed by atoms with van der Waals surface area (Å²) in [5.41, 5.74) is 1.35. The van der Waals surface area contributed by atoms with Gasteiger partial charge < -0.3 is 0 Å². The molecule has 1 aliphatic rings. The van der Waals surface area contributed by atoms with Crippen molar-refractivity contribution in [3.8, 4) is 0 Å². The molecule has 0 aromatic heterocycles. The normalized spacial score (nSPS) is 17.0. The van der Waals surface area contributed by atoms with Crippen LogP contribution >= 0.6 is 31.9 Å². The molecule has 0 spiro atoms. The number of alkyl halides is 2. The molecule has 0 heterocycles. The average Bonchev–Trinajstić information content (AvgIpc) is 2.77. The van der Waals surface area contributed by atoms with Gasteiger partial charge in [0.1, 0.15) is 0 Å². The lowest BCUT2D eigenvalue weighted by Gasteiger charge is -2.21. The van der Waals surface area contributed by atoms with Gasteiger partial charge in [0, 0.05) is 16.7 Å². The second-order valence-corrected chi connectivity index (χ2v) is 7.87. The van der Waals surface area contributed by atoms with Gasteiger partial charge in [0.15, 0.2) is 21.7 Å². The van der Waals surface area contributed by atoms with Gasteiger partial charge in [-0.15, -0.1) is 0 Å². The van der Waals surface area contributed by atoms with Crippen molar-refractivity contribution in [1.29, 1.82) is 0 Å². The van der Waals surface area contributed by atoms with E-state index in [0.717, 1.165) is 0 Å². The van der Waals surface area contributed by atoms with Crippen molar-refractivity contribution in [2.45, 2.75) is 15.6 Å². The Kier molecular flexibility index (Phi) is 4.34. The molecule has 0 saturated carbocycles. The van der Waals surface area contributed by atoms with Crippen molar-refractivity contribution in [1.82, 2.24) is 0 Å². The maximum absolute atomic E-state index is 12.6. The van der Waals surface area contributed by atoms with Gasteiger partial charge >= 0.3 is 0 Å². The molecule has 2 aromatic rings. The van der Waals surface area contributed by atoms with Crippen molar-refractivity contribution < 1.29 is 14.4 Å². The van der Waals surface area contributed by atoms with Crippen LogP contribution in [-0.4, -0.2) is 26.5 Å². The monoisotopic (exact) mass is 434 g/mol. The molecule has 2 aromatic carbocycles. The second-order valence-electron chi connectivity index (χ2n) is 5.41. The summed E-state index contributed by atoms with van der Waals surface area (Å²) in [4.78, 5) is 37.1. The van der Waals surface area contributed by atoms with Crippen LogP contribution in [0.2, 0.25) is 0 Å². The Morgan fingerprint density at radius 3 is 1.91 bits per heavy atom. The number of fused-ring (bicyclic) bond motifs is 1. The van der Waals surface area contributed by atoms with E-state index in [1.165, 1.54) is 0 Å². The van der Waals surface area contributed by atoms with E-state index in [0.29, 0.717) is 16.7 Å². The summed E-state index contributed by atoms with van der Waals surface area (Å²) < 4.78 is -1.38. The van der Waals surface area contributed by atoms with E-state index in [2.05, 4.69) is 31.9 Å². The molecule has 5 heteroatoms. The third-order valence-electron chi connectivity index (χ3n) is 3.94. The molecular weight excluding hydrogens is 424 g/mol. The van der Waals surface area contributed by atoms with Crippen LogP contribution in [0.1, 0.15) is 37.5 Å². The zero-order valence-corrected chi connectivity index (χ0v) is 15.1. The highest BCUT2D eigenvalue weighted by Crippen LogP contribution is 2.41. The Bertz CT molecular complexity index is 764. The first-order valence-corrected chi connectivity index (χ1v) is 8.77. The lowest BCUT2D eigenvalue weighted by atomic mass is 9.94. The van der Waals surface area contributed by atoms with Gasteiger partial charge in [0.25, 0.3) is 0 Å². The van der Waals surface area contributed by atoms with Gasteiger partial charge in [-0.1, -0.05) is 86.5 Å². The summed E-state index contributed by atoms with van der Waals surface area (Å²) in [6.07, 6.45) is 0.0626. The summed E-state index contributed by atoms with van der Waals surface area (Å²) in [6.45, 7) is 0. The zero-order chi connectivity index (χ0) is 16.6. The maximum atomic E-state index is 12.6. The third-order valence-corrected chi connectivity index (χ3v) is 5.72. The minimum Gasteiger partial charge on any atom is -0.293 e. The number of carbonyl (C=O) groups is 3. The number of hydrogen-bond acceptors (Lipinski definition) is 3. The van der Waals surface area contributed by atoms with Crippen molar-refractivity contribution in [3.05, 3.63) is 71.3 Å². The van der Waals surface area contributed by atoms with Gasteiger partial charge in [0.05, 0.1) is 4.83 Å². The van der Waals surface area contributed by atoms with Crippen LogP contribution in [-0.2, 0) is 0 Å². The van der Waals surface area contributed by atoms with E-state index < -0.39 is 9.15 Å². The predicted octanol–water partition coefficient (Wildman–Crippen LogP) is 4.24. The van der Waals surface area contributed by atoms with Gasteiger partial charge in [-0.3, -0.25) is 14.4 Å². The van der Waals surface area contributed by atoms with E-state index in [1.54, 1.807) is 48.5 Å². The van der Waals surface area contributed by atoms with Crippen LogP contribution in [0.3, 0.4) is 0 Å². The van der Waals surface area contributed by atoms with Crippen molar-refractivity contribution in [3.63, 3.8) is 0 Å². The maximum Gasteiger partial charge on any atom is 0.188 e. The fourth-order valence-corrected chi connectivity index (χ4v) is 4.65. The Hall–Kier alpha value is -1.59. The van der Waals surface area contributed by atoms with Gasteiger partial charge in [-0.05, 0) is 6.42 Å². The van der Waals surface area contributed by atoms with Gasteiger partial charge in [-0.2, -0.15) is 0 Å². The molecule has 116 valence electrons. The molecule has 0 N–H and O–H groups in total. The largest absolute Gasteiger partial charge is 0.293 e. The second kappa shape index (κ2) is 6.13. The van der Waals surface area contributed by atoms with E-state index >= 15 is 0 Å². The summed E-state index contributed by atoms with van der Waals surface area (Å²) in [6, 6.07) is 15.5. The number of halogens is 2. The number of rotatable bonds is 4. The highest BCUT2D eigenvalue weighted by atomic mass is 79.9. The molecule has 1 aliphatic carbocycles. The molecule has 3 nitrogen and oxygen atoms in total. The SMILES string of the molecule is O=C(c1ccccc1)C(Br)CC1(Br)C(=O)c2ccccc2C1=O. The number of benzene rings is 2. The summed E-state index contributed by atoms with van der Waals surface area (Å²) in [7, 11) is 0. The van der Waals surface area contributed by atoms with Crippen LogP contribution in [0.15, 0.2) is 54.6 Å². The van der Waals surface area contributed by atoms with Gasteiger partial charge in [-0.25, -0.2) is 0 Å². The molecule has 0 fully saturated rings. The van der Waals surface area contributed by atoms with Crippen LogP contribution in [0.5, 0.6) is 0 Å². The Balaban J connectivity index is 1.87. The molecule has 3 rings (SSSR count). The molecule has 0 amide bonds. The predicted molar refractivity (Wildman–Crippen MR) is 94.9 cm³/mol. The Morgan fingerprint density at radius 2 is 1.39 bits per heavy atom. The first-order chi connectivity index (χ1) is 10.9. The van der Waals surface area contributed by atoms with E-state index in [4.69, 9.17) is 0 Å². The van der Waals surface area contributed by atoms with E-state index in [-0.39, 0.29) is 23.8 Å². The molecule has 0 bridgehead atoms. The quantitative estimate of drug-likeness (QED) is 0.410. The Labute approximate surface area is 150 Å². The molecule has 0 aliphatic heterocycles. The van der Waals surface area contributed by atoms with Crippen LogP contribution < -0.4 is 0 Å². The molecule has 0 radical (unpaired) electrons. The molecule has 23 heavy (non-hydrogen) atoms. The molecular formula is C18H12Br2O3. The summed E-state index contributed by atoms with van der Waals surface area (Å²) in [5, 5.41) is 0.